The molecule has 0 aromatic carbocycles. The minimum absolute atomic E-state index is 0.260. The second kappa shape index (κ2) is 4.45. The van der Waals surface area contributed by atoms with Crippen molar-refractivity contribution in [1.82, 2.24) is 0 Å². The van der Waals surface area contributed by atoms with Gasteiger partial charge in [-0.25, -0.2) is 0 Å². The molecule has 1 rings (SSSR count). The van der Waals surface area contributed by atoms with Gasteiger partial charge in [-0.05, 0) is 18.9 Å². The molecule has 0 radical (unpaired) electrons. The molecule has 1 aliphatic rings. The SMILES string of the molecule is CCOC(=O)C(Br)C(Br)(Br)C1=CC1. The smallest absolute Gasteiger partial charge is 0.322 e. The number of hydrogen-bond donors (Lipinski definition) is 0. The number of alkyl halides is 3. The number of carbonyl (C=O) groups excluding carboxylic acids is 1. The van der Waals surface area contributed by atoms with Crippen LogP contribution in [0.3, 0.4) is 0 Å². The van der Waals surface area contributed by atoms with E-state index in [9.17, 15) is 4.79 Å². The zero-order chi connectivity index (χ0) is 10.1. The maximum Gasteiger partial charge on any atom is 0.322 e. The van der Waals surface area contributed by atoms with E-state index in [0.717, 1.165) is 6.42 Å². The van der Waals surface area contributed by atoms with E-state index in [1.165, 1.54) is 5.57 Å². The normalized spacial score (nSPS) is 17.7. The molecule has 1 atom stereocenters. The van der Waals surface area contributed by atoms with Crippen LogP contribution in [0.1, 0.15) is 13.3 Å². The number of rotatable bonds is 4. The molecule has 74 valence electrons. The van der Waals surface area contributed by atoms with E-state index < -0.39 is 8.06 Å². The van der Waals surface area contributed by atoms with Crippen molar-refractivity contribution in [3.05, 3.63) is 11.6 Å². The Morgan fingerprint density at radius 2 is 2.31 bits per heavy atom. The highest BCUT2D eigenvalue weighted by molar-refractivity contribution is 9.26. The molecular weight excluding hydrogens is 368 g/mol. The zero-order valence-corrected chi connectivity index (χ0v) is 11.8. The van der Waals surface area contributed by atoms with E-state index in [2.05, 4.69) is 53.9 Å². The van der Waals surface area contributed by atoms with E-state index in [-0.39, 0.29) is 5.97 Å². The first-order valence-electron chi connectivity index (χ1n) is 3.88. The van der Waals surface area contributed by atoms with Crippen LogP contribution in [0.25, 0.3) is 0 Å². The Bertz CT molecular complexity index is 248. The fourth-order valence-electron chi connectivity index (χ4n) is 0.849. The van der Waals surface area contributed by atoms with Crippen LogP contribution in [0.4, 0.5) is 0 Å². The van der Waals surface area contributed by atoms with Gasteiger partial charge in [0.2, 0.25) is 0 Å². The van der Waals surface area contributed by atoms with Gasteiger partial charge in [0.15, 0.2) is 0 Å². The summed E-state index contributed by atoms with van der Waals surface area (Å²) >= 11 is 10.2. The molecule has 0 saturated heterocycles. The van der Waals surface area contributed by atoms with Gasteiger partial charge < -0.3 is 4.74 Å². The fraction of sp³-hybridized carbons (Fsp3) is 0.625. The molecule has 1 unspecified atom stereocenters. The molecule has 0 bridgehead atoms. The summed E-state index contributed by atoms with van der Waals surface area (Å²) in [6.07, 6.45) is 3.00. The standard InChI is InChI=1S/C8H9Br3O2/c1-2-13-7(12)6(9)8(10,11)5-3-4-5/h3,6H,2,4H2,1H3. The van der Waals surface area contributed by atoms with Crippen molar-refractivity contribution in [1.29, 1.82) is 0 Å². The third kappa shape index (κ3) is 2.80. The van der Waals surface area contributed by atoms with Gasteiger partial charge in [-0.15, -0.1) is 0 Å². The largest absolute Gasteiger partial charge is 0.465 e. The van der Waals surface area contributed by atoms with Crippen molar-refractivity contribution < 1.29 is 9.53 Å². The lowest BCUT2D eigenvalue weighted by Gasteiger charge is -2.22. The molecule has 0 aromatic heterocycles. The number of esters is 1. The van der Waals surface area contributed by atoms with E-state index in [0.29, 0.717) is 6.61 Å². The number of allylic oxidation sites excluding steroid dienone is 2. The molecular formula is C8H9Br3O2. The van der Waals surface area contributed by atoms with Crippen LogP contribution < -0.4 is 0 Å². The van der Waals surface area contributed by atoms with Gasteiger partial charge in [-0.1, -0.05) is 53.9 Å². The van der Waals surface area contributed by atoms with Crippen molar-refractivity contribution in [2.45, 2.75) is 21.4 Å². The molecule has 0 saturated carbocycles. The highest BCUT2D eigenvalue weighted by Gasteiger charge is 2.43. The summed E-state index contributed by atoms with van der Waals surface area (Å²) in [5.74, 6) is -0.260. The molecule has 0 amide bonds. The molecule has 0 N–H and O–H groups in total. The average Bonchev–Trinajstić information content (AvgIpc) is 2.85. The minimum Gasteiger partial charge on any atom is -0.465 e. The van der Waals surface area contributed by atoms with Gasteiger partial charge in [-0.3, -0.25) is 4.79 Å². The second-order valence-electron chi connectivity index (χ2n) is 2.67. The van der Waals surface area contributed by atoms with Crippen LogP contribution >= 0.6 is 47.8 Å². The van der Waals surface area contributed by atoms with Gasteiger partial charge in [0.1, 0.15) is 8.06 Å². The Morgan fingerprint density at radius 3 is 2.69 bits per heavy atom. The highest BCUT2D eigenvalue weighted by atomic mass is 79.9. The van der Waals surface area contributed by atoms with Crippen LogP contribution in [0.15, 0.2) is 11.6 Å². The summed E-state index contributed by atoms with van der Waals surface area (Å²) in [6, 6.07) is 0. The average molecular weight is 377 g/mol. The molecule has 1 aliphatic carbocycles. The van der Waals surface area contributed by atoms with E-state index >= 15 is 0 Å². The molecule has 0 aromatic rings. The Balaban J connectivity index is 2.59. The van der Waals surface area contributed by atoms with Gasteiger partial charge in [0.25, 0.3) is 0 Å². The number of halogens is 3. The second-order valence-corrected chi connectivity index (χ2v) is 7.15. The first kappa shape index (κ1) is 11.7. The molecule has 13 heavy (non-hydrogen) atoms. The summed E-state index contributed by atoms with van der Waals surface area (Å²) in [7, 11) is 0. The van der Waals surface area contributed by atoms with Crippen molar-refractivity contribution >= 4 is 53.8 Å². The van der Waals surface area contributed by atoms with Crippen molar-refractivity contribution in [3.63, 3.8) is 0 Å². The van der Waals surface area contributed by atoms with Crippen molar-refractivity contribution in [2.24, 2.45) is 0 Å². The fourth-order valence-corrected chi connectivity index (χ4v) is 2.30. The van der Waals surface area contributed by atoms with Gasteiger partial charge >= 0.3 is 5.97 Å². The predicted octanol–water partition coefficient (Wildman–Crippen LogP) is 3.13. The summed E-state index contributed by atoms with van der Waals surface area (Å²) in [4.78, 5) is 11.0. The first-order valence-corrected chi connectivity index (χ1v) is 6.38. The summed E-state index contributed by atoms with van der Waals surface area (Å²) < 4.78 is 4.42. The molecule has 0 heterocycles. The summed E-state index contributed by atoms with van der Waals surface area (Å²) in [5.41, 5.74) is 1.17. The molecule has 2 nitrogen and oxygen atoms in total. The van der Waals surface area contributed by atoms with Crippen molar-refractivity contribution in [3.8, 4) is 0 Å². The third-order valence-corrected chi connectivity index (χ3v) is 5.87. The Hall–Kier alpha value is 0.650. The van der Waals surface area contributed by atoms with Gasteiger partial charge in [-0.2, -0.15) is 0 Å². The van der Waals surface area contributed by atoms with Crippen LogP contribution in [0.5, 0.6) is 0 Å². The molecule has 5 heteroatoms. The van der Waals surface area contributed by atoms with Crippen molar-refractivity contribution in [2.75, 3.05) is 6.61 Å². The molecule has 0 spiro atoms. The van der Waals surface area contributed by atoms with Gasteiger partial charge in [0, 0.05) is 0 Å². The van der Waals surface area contributed by atoms with Crippen LogP contribution in [-0.2, 0) is 9.53 Å². The van der Waals surface area contributed by atoms with Crippen LogP contribution in [0.2, 0.25) is 0 Å². The summed E-state index contributed by atoms with van der Waals surface area (Å²) in [5, 5.41) is 0. The van der Waals surface area contributed by atoms with E-state index in [1.54, 1.807) is 6.92 Å². The Morgan fingerprint density at radius 1 is 1.77 bits per heavy atom. The number of carbonyl (C=O) groups is 1. The number of hydrogen-bond acceptors (Lipinski definition) is 2. The maximum atomic E-state index is 11.4. The maximum absolute atomic E-state index is 11.4. The Kier molecular flexibility index (Phi) is 4.01. The molecule has 0 fully saturated rings. The van der Waals surface area contributed by atoms with Gasteiger partial charge in [0.05, 0.1) is 6.61 Å². The topological polar surface area (TPSA) is 26.3 Å². The van der Waals surface area contributed by atoms with E-state index in [4.69, 9.17) is 4.74 Å². The van der Waals surface area contributed by atoms with Crippen LogP contribution in [-0.4, -0.2) is 20.6 Å². The zero-order valence-electron chi connectivity index (χ0n) is 7.02. The number of ether oxygens (including phenoxy) is 1. The lowest BCUT2D eigenvalue weighted by atomic mass is 10.2. The monoisotopic (exact) mass is 374 g/mol. The quantitative estimate of drug-likeness (QED) is 0.428. The predicted molar refractivity (Wildman–Crippen MR) is 62.6 cm³/mol. The first-order chi connectivity index (χ1) is 6.00. The molecule has 0 aliphatic heterocycles. The lowest BCUT2D eigenvalue weighted by Crippen LogP contribution is -2.33. The third-order valence-electron chi connectivity index (χ3n) is 1.65. The summed E-state index contributed by atoms with van der Waals surface area (Å²) in [6.45, 7) is 2.19. The Labute approximate surface area is 102 Å². The minimum atomic E-state index is -0.480. The lowest BCUT2D eigenvalue weighted by molar-refractivity contribution is -0.142. The van der Waals surface area contributed by atoms with Crippen LogP contribution in [0, 0.1) is 0 Å². The van der Waals surface area contributed by atoms with E-state index in [1.807, 2.05) is 0 Å². The highest BCUT2D eigenvalue weighted by Crippen LogP contribution is 2.48.